The van der Waals surface area contributed by atoms with Crippen LogP contribution in [0.25, 0.3) is 0 Å². The van der Waals surface area contributed by atoms with Crippen LogP contribution in [0, 0.1) is 0 Å². The van der Waals surface area contributed by atoms with Gasteiger partial charge in [0.05, 0.1) is 5.38 Å². The lowest BCUT2D eigenvalue weighted by Crippen LogP contribution is -2.05. The SMILES string of the molecule is Clc1cc(Cl)c2c(c1)C(Cl)CCC2. The van der Waals surface area contributed by atoms with Gasteiger partial charge in [0.2, 0.25) is 0 Å². The van der Waals surface area contributed by atoms with E-state index in [9.17, 15) is 0 Å². The molecule has 0 nitrogen and oxygen atoms in total. The first-order valence-electron chi connectivity index (χ1n) is 4.30. The number of rotatable bonds is 0. The van der Waals surface area contributed by atoms with E-state index in [1.165, 1.54) is 5.56 Å². The van der Waals surface area contributed by atoms with Crippen LogP contribution in [-0.4, -0.2) is 0 Å². The molecule has 0 bridgehead atoms. The second-order valence-electron chi connectivity index (χ2n) is 3.32. The van der Waals surface area contributed by atoms with Gasteiger partial charge in [-0.1, -0.05) is 23.2 Å². The van der Waals surface area contributed by atoms with Crippen molar-refractivity contribution in [2.75, 3.05) is 0 Å². The third-order valence-electron chi connectivity index (χ3n) is 2.42. The highest BCUT2D eigenvalue weighted by atomic mass is 35.5. The fourth-order valence-electron chi connectivity index (χ4n) is 1.78. The molecule has 0 fully saturated rings. The molecule has 0 heterocycles. The number of benzene rings is 1. The summed E-state index contributed by atoms with van der Waals surface area (Å²) in [7, 11) is 0. The topological polar surface area (TPSA) is 0 Å². The fraction of sp³-hybridized carbons (Fsp3) is 0.400. The molecule has 0 N–H and O–H groups in total. The van der Waals surface area contributed by atoms with Crippen LogP contribution in [0.1, 0.15) is 29.3 Å². The highest BCUT2D eigenvalue weighted by Gasteiger charge is 2.20. The molecule has 0 aliphatic heterocycles. The Bertz CT molecular complexity index is 333. The van der Waals surface area contributed by atoms with Gasteiger partial charge in [-0.05, 0) is 42.5 Å². The van der Waals surface area contributed by atoms with Gasteiger partial charge < -0.3 is 0 Å². The van der Waals surface area contributed by atoms with E-state index in [0.29, 0.717) is 5.02 Å². The quantitative estimate of drug-likeness (QED) is 0.576. The minimum absolute atomic E-state index is 0.0833. The van der Waals surface area contributed by atoms with Crippen LogP contribution in [0.3, 0.4) is 0 Å². The lowest BCUT2D eigenvalue weighted by Gasteiger charge is -2.21. The van der Waals surface area contributed by atoms with E-state index in [1.807, 2.05) is 6.07 Å². The largest absolute Gasteiger partial charge is 0.118 e. The van der Waals surface area contributed by atoms with Gasteiger partial charge in [0.25, 0.3) is 0 Å². The number of hydrogen-bond donors (Lipinski definition) is 0. The summed E-state index contributed by atoms with van der Waals surface area (Å²) >= 11 is 18.1. The van der Waals surface area contributed by atoms with Crippen molar-refractivity contribution in [3.63, 3.8) is 0 Å². The van der Waals surface area contributed by atoms with Gasteiger partial charge in [-0.25, -0.2) is 0 Å². The van der Waals surface area contributed by atoms with E-state index < -0.39 is 0 Å². The Morgan fingerprint density at radius 3 is 2.77 bits per heavy atom. The van der Waals surface area contributed by atoms with Crippen molar-refractivity contribution in [1.82, 2.24) is 0 Å². The van der Waals surface area contributed by atoms with Crippen molar-refractivity contribution >= 4 is 34.8 Å². The molecule has 0 saturated heterocycles. The number of alkyl halides is 1. The maximum atomic E-state index is 6.17. The standard InChI is InChI=1S/C10H9Cl3/c11-6-4-8-7(10(13)5-6)2-1-3-9(8)12/h4-5,9H,1-3H2. The van der Waals surface area contributed by atoms with Gasteiger partial charge in [-0.2, -0.15) is 0 Å². The van der Waals surface area contributed by atoms with Crippen LogP contribution in [0.2, 0.25) is 10.0 Å². The molecule has 1 atom stereocenters. The van der Waals surface area contributed by atoms with Crippen LogP contribution in [0.4, 0.5) is 0 Å². The zero-order chi connectivity index (χ0) is 9.42. The van der Waals surface area contributed by atoms with Gasteiger partial charge in [0, 0.05) is 10.0 Å². The zero-order valence-electron chi connectivity index (χ0n) is 6.99. The van der Waals surface area contributed by atoms with Crippen molar-refractivity contribution < 1.29 is 0 Å². The molecule has 1 unspecified atom stereocenters. The van der Waals surface area contributed by atoms with Crippen molar-refractivity contribution in [3.8, 4) is 0 Å². The predicted octanol–water partition coefficient (Wildman–Crippen LogP) is 4.61. The maximum absolute atomic E-state index is 6.17. The summed E-state index contributed by atoms with van der Waals surface area (Å²) in [6.07, 6.45) is 3.16. The van der Waals surface area contributed by atoms with E-state index in [2.05, 4.69) is 0 Å². The minimum atomic E-state index is 0.0833. The molecule has 2 rings (SSSR count). The van der Waals surface area contributed by atoms with Crippen molar-refractivity contribution in [2.45, 2.75) is 24.6 Å². The summed E-state index contributed by atoms with van der Waals surface area (Å²) in [6, 6.07) is 3.72. The lowest BCUT2D eigenvalue weighted by molar-refractivity contribution is 0.668. The Hall–Kier alpha value is 0.0900. The fourth-order valence-corrected chi connectivity index (χ4v) is 2.73. The highest BCUT2D eigenvalue weighted by Crippen LogP contribution is 2.39. The molecule has 0 saturated carbocycles. The molecular formula is C10H9Cl3. The van der Waals surface area contributed by atoms with E-state index >= 15 is 0 Å². The van der Waals surface area contributed by atoms with Crippen molar-refractivity contribution in [3.05, 3.63) is 33.3 Å². The van der Waals surface area contributed by atoms with Crippen LogP contribution in [0.15, 0.2) is 12.1 Å². The summed E-state index contributed by atoms with van der Waals surface area (Å²) in [5, 5.41) is 1.52. The Balaban J connectivity index is 2.56. The Morgan fingerprint density at radius 2 is 2.00 bits per heavy atom. The Kier molecular flexibility index (Phi) is 2.73. The van der Waals surface area contributed by atoms with E-state index in [0.717, 1.165) is 29.8 Å². The van der Waals surface area contributed by atoms with Crippen LogP contribution < -0.4 is 0 Å². The second kappa shape index (κ2) is 3.68. The Morgan fingerprint density at radius 1 is 1.23 bits per heavy atom. The lowest BCUT2D eigenvalue weighted by atomic mass is 9.91. The van der Waals surface area contributed by atoms with Crippen LogP contribution in [-0.2, 0) is 6.42 Å². The molecular weight excluding hydrogens is 226 g/mol. The van der Waals surface area contributed by atoms with Crippen LogP contribution >= 0.6 is 34.8 Å². The number of halogens is 3. The summed E-state index contributed by atoms with van der Waals surface area (Å²) in [5.74, 6) is 0. The van der Waals surface area contributed by atoms with Gasteiger partial charge in [-0.3, -0.25) is 0 Å². The van der Waals surface area contributed by atoms with Gasteiger partial charge in [0.15, 0.2) is 0 Å². The van der Waals surface area contributed by atoms with Crippen molar-refractivity contribution in [1.29, 1.82) is 0 Å². The van der Waals surface area contributed by atoms with E-state index in [1.54, 1.807) is 6.07 Å². The number of hydrogen-bond acceptors (Lipinski definition) is 0. The molecule has 70 valence electrons. The minimum Gasteiger partial charge on any atom is -0.118 e. The maximum Gasteiger partial charge on any atom is 0.0589 e. The molecule has 1 aliphatic carbocycles. The van der Waals surface area contributed by atoms with Gasteiger partial charge in [-0.15, -0.1) is 11.6 Å². The summed E-state index contributed by atoms with van der Waals surface area (Å²) in [4.78, 5) is 0. The number of fused-ring (bicyclic) bond motifs is 1. The summed E-state index contributed by atoms with van der Waals surface area (Å²) < 4.78 is 0. The van der Waals surface area contributed by atoms with Crippen LogP contribution in [0.5, 0.6) is 0 Å². The second-order valence-corrected chi connectivity index (χ2v) is 4.69. The van der Waals surface area contributed by atoms with Gasteiger partial charge in [0.1, 0.15) is 0 Å². The summed E-state index contributed by atoms with van der Waals surface area (Å²) in [6.45, 7) is 0. The summed E-state index contributed by atoms with van der Waals surface area (Å²) in [5.41, 5.74) is 2.29. The highest BCUT2D eigenvalue weighted by molar-refractivity contribution is 6.35. The smallest absolute Gasteiger partial charge is 0.0589 e. The monoisotopic (exact) mass is 234 g/mol. The average Bonchev–Trinajstić information content (AvgIpc) is 2.07. The molecule has 13 heavy (non-hydrogen) atoms. The first-order chi connectivity index (χ1) is 6.18. The third kappa shape index (κ3) is 1.81. The zero-order valence-corrected chi connectivity index (χ0v) is 9.26. The van der Waals surface area contributed by atoms with Crippen molar-refractivity contribution in [2.24, 2.45) is 0 Å². The molecule has 0 spiro atoms. The molecule has 1 aromatic carbocycles. The van der Waals surface area contributed by atoms with E-state index in [4.69, 9.17) is 34.8 Å². The third-order valence-corrected chi connectivity index (χ3v) is 3.43. The molecule has 0 aromatic heterocycles. The predicted molar refractivity (Wildman–Crippen MR) is 58.0 cm³/mol. The molecule has 0 amide bonds. The molecule has 0 radical (unpaired) electrons. The molecule has 1 aromatic rings. The Labute approximate surface area is 92.8 Å². The normalized spacial score (nSPS) is 21.3. The van der Waals surface area contributed by atoms with Gasteiger partial charge >= 0.3 is 0 Å². The molecule has 3 heteroatoms. The first-order valence-corrected chi connectivity index (χ1v) is 5.49. The first kappa shape index (κ1) is 9.64. The molecule has 1 aliphatic rings. The average molecular weight is 236 g/mol. The van der Waals surface area contributed by atoms with E-state index in [-0.39, 0.29) is 5.38 Å².